The molecule has 1 fully saturated rings. The van der Waals surface area contributed by atoms with Crippen molar-refractivity contribution in [3.05, 3.63) is 0 Å². The van der Waals surface area contributed by atoms with Crippen LogP contribution < -0.4 is 5.48 Å². The van der Waals surface area contributed by atoms with Crippen molar-refractivity contribution in [1.29, 1.82) is 0 Å². The number of aliphatic carboxylic acids is 1. The molecule has 1 aliphatic rings. The molecule has 1 rings (SSSR count). The Morgan fingerprint density at radius 1 is 1.53 bits per heavy atom. The lowest BCUT2D eigenvalue weighted by molar-refractivity contribution is -0.144. The van der Waals surface area contributed by atoms with E-state index in [1.165, 1.54) is 4.90 Å². The summed E-state index contributed by atoms with van der Waals surface area (Å²) in [5.74, 6) is -1.40. The molecule has 2 N–H and O–H groups in total. The monoisotopic (exact) mass is 266 g/mol. The Morgan fingerprint density at radius 3 is 2.71 bits per heavy atom. The van der Waals surface area contributed by atoms with E-state index in [-0.39, 0.29) is 18.1 Å². The number of hydrogen-bond donors (Lipinski definition) is 2. The number of nitrogens with zero attached hydrogens (tertiary/aromatic N) is 1. The average Bonchev–Trinajstić information content (AvgIpc) is 2.14. The Balaban J connectivity index is 2.45. The van der Waals surface area contributed by atoms with Crippen molar-refractivity contribution in [2.45, 2.75) is 13.0 Å². The second-order valence-corrected chi connectivity index (χ2v) is 5.98. The zero-order chi connectivity index (χ0) is 13.1. The number of carboxylic acid groups (broad SMARTS) is 1. The summed E-state index contributed by atoms with van der Waals surface area (Å²) in [6.45, 7) is 1.03. The van der Waals surface area contributed by atoms with Gasteiger partial charge in [-0.25, -0.2) is 23.5 Å². The molecule has 1 atom stereocenters. The van der Waals surface area contributed by atoms with Crippen LogP contribution in [0.15, 0.2) is 0 Å². The van der Waals surface area contributed by atoms with Gasteiger partial charge in [0.15, 0.2) is 16.4 Å². The summed E-state index contributed by atoms with van der Waals surface area (Å²) in [6, 6.07) is -1.09. The maximum Gasteiger partial charge on any atom is 0.341 e. The van der Waals surface area contributed by atoms with Crippen LogP contribution in [0.3, 0.4) is 0 Å². The van der Waals surface area contributed by atoms with Crippen molar-refractivity contribution < 1.29 is 28.0 Å². The van der Waals surface area contributed by atoms with Gasteiger partial charge in [-0.1, -0.05) is 0 Å². The Labute approximate surface area is 98.4 Å². The van der Waals surface area contributed by atoms with E-state index >= 15 is 0 Å². The number of urea groups is 1. The first-order valence-corrected chi connectivity index (χ1v) is 6.74. The lowest BCUT2D eigenvalue weighted by atomic mass is 10.3. The number of nitrogens with one attached hydrogen (secondary N) is 1. The molecule has 0 bridgehead atoms. The van der Waals surface area contributed by atoms with E-state index in [9.17, 15) is 18.0 Å². The normalized spacial score (nSPS) is 23.1. The first kappa shape index (κ1) is 13.7. The van der Waals surface area contributed by atoms with Gasteiger partial charge in [0.1, 0.15) is 0 Å². The van der Waals surface area contributed by atoms with Gasteiger partial charge in [-0.3, -0.25) is 4.84 Å². The van der Waals surface area contributed by atoms with E-state index in [4.69, 9.17) is 5.11 Å². The van der Waals surface area contributed by atoms with Crippen molar-refractivity contribution in [2.24, 2.45) is 0 Å². The Kier molecular flexibility index (Phi) is 4.29. The summed E-state index contributed by atoms with van der Waals surface area (Å²) in [7, 11) is -3.09. The molecule has 2 amide bonds. The van der Waals surface area contributed by atoms with Gasteiger partial charge in [0.2, 0.25) is 0 Å². The van der Waals surface area contributed by atoms with Crippen LogP contribution in [0.5, 0.6) is 0 Å². The van der Waals surface area contributed by atoms with Gasteiger partial charge in [-0.05, 0) is 6.92 Å². The second-order valence-electron chi connectivity index (χ2n) is 3.75. The van der Waals surface area contributed by atoms with Gasteiger partial charge in [-0.2, -0.15) is 0 Å². The molecule has 0 radical (unpaired) electrons. The molecule has 0 aromatic heterocycles. The summed E-state index contributed by atoms with van der Waals surface area (Å²) in [6.07, 6.45) is 0. The third-order valence-corrected chi connectivity index (χ3v) is 4.08. The van der Waals surface area contributed by atoms with Crippen molar-refractivity contribution in [2.75, 3.05) is 24.7 Å². The van der Waals surface area contributed by atoms with Crippen LogP contribution in [0.1, 0.15) is 6.92 Å². The zero-order valence-electron chi connectivity index (χ0n) is 9.25. The van der Waals surface area contributed by atoms with Crippen LogP contribution in [-0.4, -0.2) is 61.1 Å². The molecule has 1 unspecified atom stereocenters. The molecule has 9 heteroatoms. The van der Waals surface area contributed by atoms with Crippen molar-refractivity contribution in [3.63, 3.8) is 0 Å². The SMILES string of the molecule is CC1CS(=O)(=O)CCN1C(=O)NOCC(=O)O. The lowest BCUT2D eigenvalue weighted by Crippen LogP contribution is -2.53. The van der Waals surface area contributed by atoms with Gasteiger partial charge in [0, 0.05) is 12.6 Å². The predicted octanol–water partition coefficient (Wildman–Crippen LogP) is -1.17. The van der Waals surface area contributed by atoms with Crippen LogP contribution in [0.4, 0.5) is 4.79 Å². The van der Waals surface area contributed by atoms with Crippen molar-refractivity contribution in [1.82, 2.24) is 10.4 Å². The zero-order valence-corrected chi connectivity index (χ0v) is 10.1. The first-order chi connectivity index (χ1) is 7.82. The molecule has 1 heterocycles. The van der Waals surface area contributed by atoms with E-state index in [0.717, 1.165) is 0 Å². The maximum absolute atomic E-state index is 11.5. The van der Waals surface area contributed by atoms with Crippen LogP contribution in [-0.2, 0) is 19.5 Å². The largest absolute Gasteiger partial charge is 0.479 e. The number of rotatable bonds is 3. The highest BCUT2D eigenvalue weighted by Crippen LogP contribution is 2.11. The van der Waals surface area contributed by atoms with Gasteiger partial charge in [0.05, 0.1) is 11.5 Å². The Hall–Kier alpha value is -1.35. The molecule has 0 spiro atoms. The number of carboxylic acids is 1. The molecule has 0 aliphatic carbocycles. The summed E-state index contributed by atoms with van der Waals surface area (Å²) < 4.78 is 22.5. The molecule has 8 nitrogen and oxygen atoms in total. The van der Waals surface area contributed by atoms with Crippen LogP contribution in [0, 0.1) is 0 Å². The van der Waals surface area contributed by atoms with E-state index in [1.807, 2.05) is 5.48 Å². The fourth-order valence-electron chi connectivity index (χ4n) is 1.52. The molecule has 17 heavy (non-hydrogen) atoms. The molecule has 0 aromatic rings. The number of carbonyl (C=O) groups is 2. The number of amides is 2. The van der Waals surface area contributed by atoms with Crippen LogP contribution in [0.25, 0.3) is 0 Å². The quantitative estimate of drug-likeness (QED) is 0.622. The van der Waals surface area contributed by atoms with E-state index in [0.29, 0.717) is 0 Å². The summed E-state index contributed by atoms with van der Waals surface area (Å²) in [4.78, 5) is 27.4. The fourth-order valence-corrected chi connectivity index (χ4v) is 3.07. The minimum Gasteiger partial charge on any atom is -0.479 e. The highest BCUT2D eigenvalue weighted by molar-refractivity contribution is 7.91. The van der Waals surface area contributed by atoms with E-state index < -0.39 is 34.5 Å². The van der Waals surface area contributed by atoms with E-state index in [1.54, 1.807) is 6.92 Å². The molecule has 98 valence electrons. The summed E-state index contributed by atoms with van der Waals surface area (Å²) in [5, 5.41) is 8.29. The van der Waals surface area contributed by atoms with Gasteiger partial charge >= 0.3 is 12.0 Å². The van der Waals surface area contributed by atoms with Crippen molar-refractivity contribution in [3.8, 4) is 0 Å². The Morgan fingerprint density at radius 2 is 2.18 bits per heavy atom. The van der Waals surface area contributed by atoms with Gasteiger partial charge in [0.25, 0.3) is 0 Å². The number of carbonyl (C=O) groups excluding carboxylic acids is 1. The summed E-state index contributed by atoms with van der Waals surface area (Å²) >= 11 is 0. The average molecular weight is 266 g/mol. The molecular weight excluding hydrogens is 252 g/mol. The molecule has 1 saturated heterocycles. The Bertz CT molecular complexity index is 406. The molecular formula is C8H14N2O6S. The number of sulfone groups is 1. The van der Waals surface area contributed by atoms with Gasteiger partial charge in [-0.15, -0.1) is 0 Å². The number of hydroxylamine groups is 1. The van der Waals surface area contributed by atoms with E-state index in [2.05, 4.69) is 4.84 Å². The fraction of sp³-hybridized carbons (Fsp3) is 0.750. The highest BCUT2D eigenvalue weighted by atomic mass is 32.2. The topological polar surface area (TPSA) is 113 Å². The van der Waals surface area contributed by atoms with Gasteiger partial charge < -0.3 is 10.0 Å². The molecule has 1 aliphatic heterocycles. The standard InChI is InChI=1S/C8H14N2O6S/c1-6-5-17(14,15)3-2-10(6)8(13)9-16-4-7(11)12/h6H,2-5H2,1H3,(H,9,13)(H,11,12). The van der Waals surface area contributed by atoms with Crippen molar-refractivity contribution >= 4 is 21.8 Å². The number of hydrogen-bond acceptors (Lipinski definition) is 5. The molecule has 0 saturated carbocycles. The van der Waals surface area contributed by atoms with Crippen LogP contribution >= 0.6 is 0 Å². The third-order valence-electron chi connectivity index (χ3n) is 2.29. The minimum atomic E-state index is -3.09. The predicted molar refractivity (Wildman–Crippen MR) is 56.9 cm³/mol. The smallest absolute Gasteiger partial charge is 0.341 e. The molecule has 0 aromatic carbocycles. The second kappa shape index (κ2) is 5.32. The lowest BCUT2D eigenvalue weighted by Gasteiger charge is -2.32. The third kappa shape index (κ3) is 4.19. The minimum absolute atomic E-state index is 0.0752. The highest BCUT2D eigenvalue weighted by Gasteiger charge is 2.31. The maximum atomic E-state index is 11.5. The summed E-state index contributed by atoms with van der Waals surface area (Å²) in [5.41, 5.74) is 1.95. The van der Waals surface area contributed by atoms with Crippen LogP contribution in [0.2, 0.25) is 0 Å². The first-order valence-electron chi connectivity index (χ1n) is 4.92.